The number of anilines is 1. The van der Waals surface area contributed by atoms with E-state index in [1.54, 1.807) is 47.1 Å². The number of fused-ring (bicyclic) bond motifs is 1. The van der Waals surface area contributed by atoms with E-state index in [1.807, 2.05) is 42.5 Å². The van der Waals surface area contributed by atoms with Gasteiger partial charge in [-0.1, -0.05) is 36.4 Å². The highest BCUT2D eigenvalue weighted by atomic mass is 16.5. The summed E-state index contributed by atoms with van der Waals surface area (Å²) in [5.41, 5.74) is 2.42. The number of hydrogen-bond donors (Lipinski definition) is 1. The van der Waals surface area contributed by atoms with Crippen LogP contribution in [0.15, 0.2) is 85.2 Å². The van der Waals surface area contributed by atoms with Crippen LogP contribution >= 0.6 is 0 Å². The predicted molar refractivity (Wildman–Crippen MR) is 116 cm³/mol. The van der Waals surface area contributed by atoms with Crippen LogP contribution in [0.4, 0.5) is 5.69 Å². The molecular formula is C24H21N3O4. The lowest BCUT2D eigenvalue weighted by atomic mass is 10.2. The van der Waals surface area contributed by atoms with Gasteiger partial charge in [0, 0.05) is 18.1 Å². The minimum absolute atomic E-state index is 0.144. The number of carbonyl (C=O) groups excluding carboxylic acids is 2. The van der Waals surface area contributed by atoms with Gasteiger partial charge in [-0.05, 0) is 48.9 Å². The Bertz CT molecular complexity index is 1150. The highest BCUT2D eigenvalue weighted by Crippen LogP contribution is 2.18. The molecule has 0 radical (unpaired) electrons. The van der Waals surface area contributed by atoms with E-state index < -0.39 is 18.0 Å². The molecule has 0 aliphatic heterocycles. The molecule has 0 bridgehead atoms. The van der Waals surface area contributed by atoms with Crippen molar-refractivity contribution in [3.05, 3.63) is 96.4 Å². The zero-order valence-corrected chi connectivity index (χ0v) is 16.9. The Hall–Kier alpha value is -4.13. The van der Waals surface area contributed by atoms with E-state index >= 15 is 0 Å². The molecule has 2 heterocycles. The van der Waals surface area contributed by atoms with Crippen LogP contribution in [-0.4, -0.2) is 27.4 Å². The summed E-state index contributed by atoms with van der Waals surface area (Å²) < 4.78 is 12.7. The van der Waals surface area contributed by atoms with Gasteiger partial charge in [0.05, 0.1) is 0 Å². The molecule has 0 spiro atoms. The van der Waals surface area contributed by atoms with Gasteiger partial charge in [-0.3, -0.25) is 4.79 Å². The molecular weight excluding hydrogens is 394 g/mol. The van der Waals surface area contributed by atoms with Crippen molar-refractivity contribution in [1.29, 1.82) is 0 Å². The van der Waals surface area contributed by atoms with Gasteiger partial charge in [-0.25, -0.2) is 9.78 Å². The van der Waals surface area contributed by atoms with Crippen LogP contribution in [0, 0.1) is 0 Å². The van der Waals surface area contributed by atoms with E-state index in [-0.39, 0.29) is 5.69 Å². The van der Waals surface area contributed by atoms with Crippen LogP contribution in [-0.2, 0) is 16.1 Å². The average Bonchev–Trinajstić information content (AvgIpc) is 3.24. The summed E-state index contributed by atoms with van der Waals surface area (Å²) in [6, 6.07) is 22.3. The van der Waals surface area contributed by atoms with Crippen molar-refractivity contribution in [3.8, 4) is 5.75 Å². The van der Waals surface area contributed by atoms with Gasteiger partial charge in [0.1, 0.15) is 18.0 Å². The molecule has 1 atom stereocenters. The van der Waals surface area contributed by atoms with E-state index in [0.29, 0.717) is 23.7 Å². The van der Waals surface area contributed by atoms with Gasteiger partial charge < -0.3 is 19.2 Å². The molecule has 0 fully saturated rings. The molecule has 156 valence electrons. The molecule has 2 aromatic carbocycles. The van der Waals surface area contributed by atoms with Gasteiger partial charge in [-0.2, -0.15) is 0 Å². The maximum atomic E-state index is 12.4. The second-order valence-corrected chi connectivity index (χ2v) is 6.93. The lowest BCUT2D eigenvalue weighted by Gasteiger charge is -2.13. The molecule has 4 rings (SSSR count). The van der Waals surface area contributed by atoms with Crippen molar-refractivity contribution in [3.63, 3.8) is 0 Å². The monoisotopic (exact) mass is 415 g/mol. The Balaban J connectivity index is 1.30. The second-order valence-electron chi connectivity index (χ2n) is 6.93. The standard InChI is InChI=1S/C24H21N3O4/c1-17(31-24(29)21-15-27-14-6-5-9-22(27)26-21)23(28)25-19-10-12-20(13-11-19)30-16-18-7-3-2-4-8-18/h2-15,17H,16H2,1H3,(H,25,28)/t17-/m1/s1. The molecule has 0 aliphatic rings. The Morgan fingerprint density at radius 2 is 1.74 bits per heavy atom. The number of benzene rings is 2. The number of imidazole rings is 1. The predicted octanol–water partition coefficient (Wildman–Crippen LogP) is 4.10. The third-order valence-electron chi connectivity index (χ3n) is 4.60. The van der Waals surface area contributed by atoms with Crippen LogP contribution in [0.1, 0.15) is 23.0 Å². The fourth-order valence-electron chi connectivity index (χ4n) is 2.93. The number of carbonyl (C=O) groups is 2. The first-order chi connectivity index (χ1) is 15.1. The van der Waals surface area contributed by atoms with Crippen LogP contribution < -0.4 is 10.1 Å². The topological polar surface area (TPSA) is 81.9 Å². The number of hydrogen-bond acceptors (Lipinski definition) is 5. The number of pyridine rings is 1. The normalized spacial score (nSPS) is 11.6. The Morgan fingerprint density at radius 1 is 1.00 bits per heavy atom. The zero-order chi connectivity index (χ0) is 21.6. The molecule has 7 heteroatoms. The first kappa shape index (κ1) is 20.2. The van der Waals surface area contributed by atoms with Crippen LogP contribution in [0.5, 0.6) is 5.75 Å². The molecule has 0 aliphatic carbocycles. The number of amides is 1. The number of ether oxygens (including phenoxy) is 2. The van der Waals surface area contributed by atoms with Crippen LogP contribution in [0.3, 0.4) is 0 Å². The van der Waals surface area contributed by atoms with Crippen molar-refractivity contribution in [2.45, 2.75) is 19.6 Å². The third-order valence-corrected chi connectivity index (χ3v) is 4.60. The highest BCUT2D eigenvalue weighted by Gasteiger charge is 2.21. The number of nitrogens with zero attached hydrogens (tertiary/aromatic N) is 2. The van der Waals surface area contributed by atoms with Crippen molar-refractivity contribution < 1.29 is 19.1 Å². The van der Waals surface area contributed by atoms with Crippen molar-refractivity contribution >= 4 is 23.2 Å². The molecule has 1 N–H and O–H groups in total. The number of esters is 1. The lowest BCUT2D eigenvalue weighted by Crippen LogP contribution is -2.30. The van der Waals surface area contributed by atoms with Gasteiger partial charge in [0.25, 0.3) is 5.91 Å². The van der Waals surface area contributed by atoms with Crippen LogP contribution in [0.2, 0.25) is 0 Å². The van der Waals surface area contributed by atoms with E-state index in [9.17, 15) is 9.59 Å². The largest absolute Gasteiger partial charge is 0.489 e. The van der Waals surface area contributed by atoms with Crippen LogP contribution in [0.25, 0.3) is 5.65 Å². The number of aromatic nitrogens is 2. The van der Waals surface area contributed by atoms with E-state index in [4.69, 9.17) is 9.47 Å². The Kier molecular flexibility index (Phi) is 5.93. The first-order valence-corrected chi connectivity index (χ1v) is 9.81. The molecule has 0 saturated heterocycles. The first-order valence-electron chi connectivity index (χ1n) is 9.81. The second kappa shape index (κ2) is 9.13. The SMILES string of the molecule is C[C@@H](OC(=O)c1cn2ccccc2n1)C(=O)Nc1ccc(OCc2ccccc2)cc1. The van der Waals surface area contributed by atoms with E-state index in [2.05, 4.69) is 10.3 Å². The van der Waals surface area contributed by atoms with Crippen molar-refractivity contribution in [2.24, 2.45) is 0 Å². The van der Waals surface area contributed by atoms with Crippen molar-refractivity contribution in [1.82, 2.24) is 9.38 Å². The van der Waals surface area contributed by atoms with E-state index in [0.717, 1.165) is 5.56 Å². The number of rotatable bonds is 7. The fourth-order valence-corrected chi connectivity index (χ4v) is 2.93. The average molecular weight is 415 g/mol. The van der Waals surface area contributed by atoms with E-state index in [1.165, 1.54) is 6.92 Å². The minimum atomic E-state index is -0.980. The van der Waals surface area contributed by atoms with Gasteiger partial charge in [0.2, 0.25) is 0 Å². The van der Waals surface area contributed by atoms with Gasteiger partial charge in [0.15, 0.2) is 11.8 Å². The highest BCUT2D eigenvalue weighted by molar-refractivity contribution is 5.97. The molecule has 0 unspecified atom stereocenters. The summed E-state index contributed by atoms with van der Waals surface area (Å²) in [5, 5.41) is 2.73. The smallest absolute Gasteiger partial charge is 0.359 e. The zero-order valence-electron chi connectivity index (χ0n) is 16.9. The molecule has 0 saturated carbocycles. The Morgan fingerprint density at radius 3 is 2.48 bits per heavy atom. The summed E-state index contributed by atoms with van der Waals surface area (Å²) in [6.45, 7) is 1.98. The molecule has 2 aromatic heterocycles. The molecule has 31 heavy (non-hydrogen) atoms. The fraction of sp³-hybridized carbons (Fsp3) is 0.125. The maximum Gasteiger partial charge on any atom is 0.359 e. The summed E-state index contributed by atoms with van der Waals surface area (Å²) in [4.78, 5) is 28.9. The maximum absolute atomic E-state index is 12.4. The minimum Gasteiger partial charge on any atom is -0.489 e. The summed E-state index contributed by atoms with van der Waals surface area (Å²) in [6.07, 6.45) is 2.37. The molecule has 4 aromatic rings. The summed E-state index contributed by atoms with van der Waals surface area (Å²) >= 11 is 0. The summed E-state index contributed by atoms with van der Waals surface area (Å²) in [7, 11) is 0. The molecule has 1 amide bonds. The Labute approximate surface area is 179 Å². The third kappa shape index (κ3) is 5.08. The number of nitrogens with one attached hydrogen (secondary N) is 1. The lowest BCUT2D eigenvalue weighted by molar-refractivity contribution is -0.123. The quantitative estimate of drug-likeness (QED) is 0.460. The van der Waals surface area contributed by atoms with Gasteiger partial charge in [-0.15, -0.1) is 0 Å². The van der Waals surface area contributed by atoms with Gasteiger partial charge >= 0.3 is 5.97 Å². The molecule has 7 nitrogen and oxygen atoms in total. The summed E-state index contributed by atoms with van der Waals surface area (Å²) in [5.74, 6) is -0.403. The van der Waals surface area contributed by atoms with Crippen molar-refractivity contribution in [2.75, 3.05) is 5.32 Å².